The molecule has 8 rings (SSSR count). The number of hydrogen-bond acceptors (Lipinski definition) is 8. The highest BCUT2D eigenvalue weighted by atomic mass is 35.5. The summed E-state index contributed by atoms with van der Waals surface area (Å²) in [6.45, 7) is 3.93. The van der Waals surface area contributed by atoms with Crippen LogP contribution in [0.5, 0.6) is 0 Å². The van der Waals surface area contributed by atoms with Gasteiger partial charge in [0.2, 0.25) is 0 Å². The lowest BCUT2D eigenvalue weighted by molar-refractivity contribution is -0.138. The van der Waals surface area contributed by atoms with Gasteiger partial charge in [0.05, 0.1) is 39.8 Å². The van der Waals surface area contributed by atoms with Crippen molar-refractivity contribution in [1.82, 2.24) is 9.13 Å². The number of aryl methyl sites for hydroxylation is 2. The molecule has 0 spiro atoms. The zero-order chi connectivity index (χ0) is 45.0. The average molecular weight is 922 g/mol. The summed E-state index contributed by atoms with van der Waals surface area (Å²) in [6, 6.07) is 21.0. The molecule has 16 heteroatoms. The number of aliphatic hydroxyl groups excluding tert-OH is 1. The molecule has 12 nitrogen and oxygen atoms in total. The Morgan fingerprint density at radius 1 is 0.677 bits per heavy atom. The van der Waals surface area contributed by atoms with Crippen LogP contribution >= 0.6 is 23.2 Å². The van der Waals surface area contributed by atoms with Gasteiger partial charge >= 0.3 is 11.9 Å². The Bertz CT molecular complexity index is 3010. The predicted octanol–water partition coefficient (Wildman–Crippen LogP) is 8.76. The third kappa shape index (κ3) is 9.07. The molecule has 2 aliphatic rings. The van der Waals surface area contributed by atoms with Gasteiger partial charge < -0.3 is 24.5 Å². The van der Waals surface area contributed by atoms with Gasteiger partial charge in [-0.25, -0.2) is 16.8 Å². The summed E-state index contributed by atoms with van der Waals surface area (Å²) in [7, 11) is -7.01. The van der Waals surface area contributed by atoms with Crippen LogP contribution in [0.2, 0.25) is 10.0 Å². The van der Waals surface area contributed by atoms with Crippen LogP contribution in [0.1, 0.15) is 107 Å². The molecular weight excluding hydrogens is 876 g/mol. The second-order valence-electron chi connectivity index (χ2n) is 16.4. The third-order valence-electron chi connectivity index (χ3n) is 11.9. The van der Waals surface area contributed by atoms with Crippen molar-refractivity contribution in [3.8, 4) is 0 Å². The average Bonchev–Trinajstić information content (AvgIpc) is 3.94. The Balaban J connectivity index is 0.000000186. The lowest BCUT2D eigenvalue weighted by Crippen LogP contribution is -2.12. The van der Waals surface area contributed by atoms with E-state index in [4.69, 9.17) is 23.2 Å². The molecule has 2 aliphatic carbocycles. The monoisotopic (exact) mass is 920 g/mol. The van der Waals surface area contributed by atoms with E-state index in [0.29, 0.717) is 70.8 Å². The number of carbonyl (C=O) groups excluding carboxylic acids is 1. The minimum Gasteiger partial charge on any atom is -0.481 e. The first-order valence-electron chi connectivity index (χ1n) is 20.0. The molecule has 2 aromatic heterocycles. The van der Waals surface area contributed by atoms with Crippen molar-refractivity contribution in [3.63, 3.8) is 0 Å². The highest BCUT2D eigenvalue weighted by Crippen LogP contribution is 2.46. The van der Waals surface area contributed by atoms with Crippen LogP contribution in [0, 0.1) is 0 Å². The van der Waals surface area contributed by atoms with Crippen molar-refractivity contribution >= 4 is 82.4 Å². The van der Waals surface area contributed by atoms with Gasteiger partial charge in [0, 0.05) is 80.8 Å². The molecule has 62 heavy (non-hydrogen) atoms. The van der Waals surface area contributed by atoms with Gasteiger partial charge in [-0.05, 0) is 110 Å². The van der Waals surface area contributed by atoms with Crippen LogP contribution < -0.4 is 0 Å². The molecule has 2 heterocycles. The van der Waals surface area contributed by atoms with Crippen LogP contribution in [0.15, 0.2) is 82.6 Å². The number of ketones is 1. The van der Waals surface area contributed by atoms with Crippen molar-refractivity contribution in [2.75, 3.05) is 12.5 Å². The number of nitrogens with zero attached hydrogens (tertiary/aromatic N) is 2. The summed E-state index contributed by atoms with van der Waals surface area (Å²) in [5.41, 5.74) is 7.91. The molecule has 326 valence electrons. The third-order valence-corrected chi connectivity index (χ3v) is 14.6. The number of aliphatic carboxylic acids is 2. The van der Waals surface area contributed by atoms with Gasteiger partial charge in [0.1, 0.15) is 0 Å². The number of fused-ring (bicyclic) bond motifs is 6. The lowest BCUT2D eigenvalue weighted by atomic mass is 10.0. The maximum Gasteiger partial charge on any atom is 0.304 e. The maximum absolute atomic E-state index is 12.6. The van der Waals surface area contributed by atoms with E-state index in [2.05, 4.69) is 4.57 Å². The van der Waals surface area contributed by atoms with E-state index in [1.807, 2.05) is 28.8 Å². The van der Waals surface area contributed by atoms with Crippen LogP contribution in [0.25, 0.3) is 21.8 Å². The van der Waals surface area contributed by atoms with E-state index < -0.39 is 37.7 Å². The second kappa shape index (κ2) is 17.3. The number of carboxylic acid groups (broad SMARTS) is 2. The molecule has 4 aromatic carbocycles. The minimum absolute atomic E-state index is 0.00683. The molecule has 3 atom stereocenters. The maximum atomic E-state index is 12.6. The van der Waals surface area contributed by atoms with Crippen LogP contribution in [0.4, 0.5) is 0 Å². The van der Waals surface area contributed by atoms with Gasteiger partial charge in [-0.15, -0.1) is 0 Å². The summed E-state index contributed by atoms with van der Waals surface area (Å²) < 4.78 is 53.2. The van der Waals surface area contributed by atoms with Gasteiger partial charge in [0.15, 0.2) is 25.5 Å². The first-order chi connectivity index (χ1) is 29.1. The molecule has 3 N–H and O–H groups in total. The number of halogens is 2. The lowest BCUT2D eigenvalue weighted by Gasteiger charge is -2.18. The first-order valence-corrected chi connectivity index (χ1v) is 24.6. The molecule has 0 aliphatic heterocycles. The Kier molecular flexibility index (Phi) is 12.6. The Labute approximate surface area is 369 Å². The Morgan fingerprint density at radius 3 is 1.47 bits per heavy atom. The fourth-order valence-electron chi connectivity index (χ4n) is 9.21. The molecule has 0 bridgehead atoms. The SMILES string of the molecule is CC(=O)c1cc(S(C)(=O)=O)cc2c3c(n(Cc4ccc(Cl)cc4)c12)[C@@H](CC(=O)O)CC3.CC(O)c1cc(S(C)(=O)=O)cc2c3c(n(Cc4ccc(Cl)cc4)c12)[C@@H](CC(=O)O)CC3. The molecule has 1 unspecified atom stereocenters. The van der Waals surface area contributed by atoms with Gasteiger partial charge in [0.25, 0.3) is 0 Å². The molecule has 0 radical (unpaired) electrons. The van der Waals surface area contributed by atoms with Crippen molar-refractivity contribution in [1.29, 1.82) is 0 Å². The molecule has 0 amide bonds. The summed E-state index contributed by atoms with van der Waals surface area (Å²) in [4.78, 5) is 35.8. The zero-order valence-corrected chi connectivity index (χ0v) is 37.6. The zero-order valence-electron chi connectivity index (χ0n) is 34.5. The van der Waals surface area contributed by atoms with Crippen LogP contribution in [-0.4, -0.2) is 71.5 Å². The largest absolute Gasteiger partial charge is 0.481 e. The fourth-order valence-corrected chi connectivity index (χ4v) is 10.8. The second-order valence-corrected chi connectivity index (χ2v) is 21.3. The number of carbonyl (C=O) groups is 3. The Morgan fingerprint density at radius 2 is 1.08 bits per heavy atom. The van der Waals surface area contributed by atoms with Gasteiger partial charge in [-0.3, -0.25) is 14.4 Å². The molecule has 0 saturated carbocycles. The van der Waals surface area contributed by atoms with Crippen molar-refractivity contribution in [2.45, 2.75) is 93.2 Å². The molecule has 0 fully saturated rings. The molecule has 6 aromatic rings. The smallest absolute Gasteiger partial charge is 0.304 e. The molecule has 0 saturated heterocycles. The highest BCUT2D eigenvalue weighted by Gasteiger charge is 2.35. The summed E-state index contributed by atoms with van der Waals surface area (Å²) in [5.74, 6) is -2.36. The normalized spacial score (nSPS) is 16.5. The van der Waals surface area contributed by atoms with E-state index in [0.717, 1.165) is 57.1 Å². The number of rotatable bonds is 12. The van der Waals surface area contributed by atoms with Crippen molar-refractivity contribution in [2.24, 2.45) is 0 Å². The van der Waals surface area contributed by atoms with E-state index >= 15 is 0 Å². The Hall–Kier alpha value is -4.99. The standard InChI is InChI=1S/C23H24ClNO5S.C23H22ClNO5S/c2*1-13(26)19-10-17(31(2,29)30)11-20-18-8-5-15(9-21(27)28)22(18)25(23(19)20)12-14-3-6-16(24)7-4-14/h3-4,6-7,10-11,13,15,26H,5,8-9,12H2,1-2H3,(H,27,28);3-4,6-7,10-11,15H,5,8-9,12H2,1-2H3,(H,27,28)/t13?,15-;15-/m11/s1. The fraction of sp³-hybridized carbons (Fsp3) is 0.326. The number of aliphatic hydroxyl groups is 1. The summed E-state index contributed by atoms with van der Waals surface area (Å²) >= 11 is 12.0. The van der Waals surface area contributed by atoms with Gasteiger partial charge in [-0.2, -0.15) is 0 Å². The number of aromatic nitrogens is 2. The number of Topliss-reactive ketones (excluding diaryl/α,β-unsaturated/α-hetero) is 1. The topological polar surface area (TPSA) is 190 Å². The first kappa shape index (κ1) is 45.0. The van der Waals surface area contributed by atoms with Crippen molar-refractivity contribution < 1.29 is 46.5 Å². The van der Waals surface area contributed by atoms with E-state index in [9.17, 15) is 46.5 Å². The van der Waals surface area contributed by atoms with Crippen LogP contribution in [0.3, 0.4) is 0 Å². The summed E-state index contributed by atoms with van der Waals surface area (Å²) in [6.07, 6.45) is 4.05. The predicted molar refractivity (Wildman–Crippen MR) is 238 cm³/mol. The minimum atomic E-state index is -3.52. The number of carboxylic acids is 2. The highest BCUT2D eigenvalue weighted by molar-refractivity contribution is 7.91. The van der Waals surface area contributed by atoms with E-state index in [1.165, 1.54) is 19.1 Å². The van der Waals surface area contributed by atoms with Crippen molar-refractivity contribution in [3.05, 3.63) is 128 Å². The van der Waals surface area contributed by atoms with E-state index in [1.54, 1.807) is 43.3 Å². The molecular formula is C46H46Cl2N2O10S2. The van der Waals surface area contributed by atoms with Crippen LogP contribution in [-0.2, 0) is 55.2 Å². The van der Waals surface area contributed by atoms with Gasteiger partial charge in [-0.1, -0.05) is 47.5 Å². The number of sulfone groups is 2. The number of hydrogen-bond donors (Lipinski definition) is 3. The number of benzene rings is 4. The van der Waals surface area contributed by atoms with E-state index in [-0.39, 0.29) is 40.3 Å². The quantitative estimate of drug-likeness (QED) is 0.100. The summed E-state index contributed by atoms with van der Waals surface area (Å²) in [5, 5.41) is 32.1.